The molecule has 0 spiro atoms. The van der Waals surface area contributed by atoms with Gasteiger partial charge in [0, 0.05) is 36.7 Å². The van der Waals surface area contributed by atoms with Gasteiger partial charge in [-0.1, -0.05) is 84.9 Å². The minimum Gasteiger partial charge on any atom is -0.481 e. The Hall–Kier alpha value is -6.25. The number of carboxylic acid groups (broad SMARTS) is 1. The molecule has 8 nitrogen and oxygen atoms in total. The number of nitrogens with zero attached hydrogens (tertiary/aromatic N) is 2. The molecular weight excluding hydrogens is 685 g/mol. The van der Waals surface area contributed by atoms with E-state index < -0.39 is 17.4 Å². The number of rotatable bonds is 8. The summed E-state index contributed by atoms with van der Waals surface area (Å²) in [6.07, 6.45) is 8.64. The molecule has 2 aliphatic carbocycles. The largest absolute Gasteiger partial charge is 0.481 e. The number of nitrogens with two attached hydrogens (primary N) is 1. The highest BCUT2D eigenvalue weighted by molar-refractivity contribution is 6.05. The highest BCUT2D eigenvalue weighted by Gasteiger charge is 2.51. The second kappa shape index (κ2) is 14.5. The van der Waals surface area contributed by atoms with Crippen LogP contribution in [-0.2, 0) is 35.5 Å². The number of nitrogens with one attached hydrogen (secondary N) is 1. The highest BCUT2D eigenvalue weighted by atomic mass is 16.4. The van der Waals surface area contributed by atoms with Crippen molar-refractivity contribution in [2.24, 2.45) is 11.1 Å². The number of para-hydroxylation sites is 1. The number of carboxylic acids is 1. The number of carbonyl (C=O) groups is 3. The molecule has 1 aliphatic heterocycles. The fraction of sp³-hybridized carbons (Fsp3) is 0.213. The lowest BCUT2D eigenvalue weighted by atomic mass is 9.69. The maximum absolute atomic E-state index is 14.6. The van der Waals surface area contributed by atoms with E-state index in [1.54, 1.807) is 30.0 Å². The average Bonchev–Trinajstić information content (AvgIpc) is 3.37. The van der Waals surface area contributed by atoms with Gasteiger partial charge in [0.2, 0.25) is 0 Å². The number of anilines is 2. The fourth-order valence-corrected chi connectivity index (χ4v) is 8.48. The van der Waals surface area contributed by atoms with E-state index in [-0.39, 0.29) is 11.8 Å². The minimum absolute atomic E-state index is 0.0986. The molecule has 0 fully saturated rings. The lowest BCUT2D eigenvalue weighted by molar-refractivity contribution is -0.149. The smallest absolute Gasteiger partial charge is 0.316 e. The van der Waals surface area contributed by atoms with E-state index in [2.05, 4.69) is 23.5 Å². The summed E-state index contributed by atoms with van der Waals surface area (Å²) in [5.41, 5.74) is 12.3. The van der Waals surface area contributed by atoms with E-state index in [9.17, 15) is 19.5 Å². The van der Waals surface area contributed by atoms with Crippen LogP contribution < -0.4 is 26.4 Å². The third-order valence-corrected chi connectivity index (χ3v) is 11.7. The third kappa shape index (κ3) is 6.42. The Morgan fingerprint density at radius 2 is 1.64 bits per heavy atom. The monoisotopic (exact) mass is 728 g/mol. The Morgan fingerprint density at radius 1 is 0.909 bits per heavy atom. The van der Waals surface area contributed by atoms with Crippen LogP contribution in [0.25, 0.3) is 17.7 Å². The van der Waals surface area contributed by atoms with Crippen molar-refractivity contribution in [1.29, 1.82) is 0 Å². The van der Waals surface area contributed by atoms with Crippen LogP contribution in [0.1, 0.15) is 57.9 Å². The lowest BCUT2D eigenvalue weighted by Crippen LogP contribution is -2.54. The summed E-state index contributed by atoms with van der Waals surface area (Å²) in [7, 11) is 1.78. The van der Waals surface area contributed by atoms with Crippen LogP contribution in [0.4, 0.5) is 11.4 Å². The molecule has 3 aliphatic rings. The molecule has 0 radical (unpaired) electrons. The average molecular weight is 729 g/mol. The number of carbonyl (C=O) groups excluding carboxylic acids is 2. The first-order valence-electron chi connectivity index (χ1n) is 18.8. The van der Waals surface area contributed by atoms with Crippen molar-refractivity contribution in [3.63, 3.8) is 0 Å². The summed E-state index contributed by atoms with van der Waals surface area (Å²) in [5, 5.41) is 18.7. The fourth-order valence-electron chi connectivity index (χ4n) is 8.48. The zero-order valence-electron chi connectivity index (χ0n) is 31.1. The Labute approximate surface area is 320 Å². The molecule has 4 N–H and O–H groups in total. The van der Waals surface area contributed by atoms with Gasteiger partial charge < -0.3 is 26.0 Å². The number of fused-ring (bicyclic) bond motifs is 5. The maximum atomic E-state index is 14.6. The summed E-state index contributed by atoms with van der Waals surface area (Å²) < 4.78 is 0. The number of aliphatic carboxylic acids is 1. The highest BCUT2D eigenvalue weighted by Crippen LogP contribution is 2.41. The SMILES string of the molecule is CN(C(=O)c1ccc2c(c1)=CCc1c3c(ccc1=2)=C(C(C)(C(=O)O)C1Nc2ccccc2CN(C=Cc2ccccc2)C1=O)CCC3)c1ccc(CN)cc1. The van der Waals surface area contributed by atoms with E-state index in [0.717, 1.165) is 72.9 Å². The molecule has 0 aromatic heterocycles. The molecule has 8 rings (SSSR count). The van der Waals surface area contributed by atoms with Crippen LogP contribution in [0.2, 0.25) is 0 Å². The number of amides is 2. The molecule has 5 aromatic rings. The van der Waals surface area contributed by atoms with Gasteiger partial charge in [-0.25, -0.2) is 0 Å². The van der Waals surface area contributed by atoms with Crippen molar-refractivity contribution in [3.8, 4) is 0 Å². The molecule has 2 unspecified atom stereocenters. The summed E-state index contributed by atoms with van der Waals surface area (Å²) in [6, 6.07) is 34.1. The quantitative estimate of drug-likeness (QED) is 0.178. The lowest BCUT2D eigenvalue weighted by Gasteiger charge is -2.38. The van der Waals surface area contributed by atoms with E-state index in [0.29, 0.717) is 31.5 Å². The molecule has 276 valence electrons. The van der Waals surface area contributed by atoms with Crippen LogP contribution in [-0.4, -0.2) is 40.9 Å². The van der Waals surface area contributed by atoms with Gasteiger partial charge in [0.05, 0.1) is 6.54 Å². The Morgan fingerprint density at radius 3 is 2.40 bits per heavy atom. The summed E-state index contributed by atoms with van der Waals surface area (Å²) in [5.74, 6) is -1.44. The van der Waals surface area contributed by atoms with Gasteiger partial charge in [-0.15, -0.1) is 0 Å². The predicted molar refractivity (Wildman–Crippen MR) is 217 cm³/mol. The Kier molecular flexibility index (Phi) is 9.45. The third-order valence-electron chi connectivity index (χ3n) is 11.7. The molecule has 0 saturated carbocycles. The van der Waals surface area contributed by atoms with Gasteiger partial charge in [0.25, 0.3) is 11.8 Å². The molecular formula is C47H44N4O4. The topological polar surface area (TPSA) is 116 Å². The summed E-state index contributed by atoms with van der Waals surface area (Å²) in [4.78, 5) is 45.2. The number of hydrogen-bond acceptors (Lipinski definition) is 5. The van der Waals surface area contributed by atoms with Crippen molar-refractivity contribution in [2.45, 2.75) is 51.7 Å². The van der Waals surface area contributed by atoms with Gasteiger partial charge in [0.1, 0.15) is 11.5 Å². The maximum Gasteiger partial charge on any atom is 0.316 e. The molecule has 8 heteroatoms. The molecule has 0 bridgehead atoms. The molecule has 5 aromatic carbocycles. The van der Waals surface area contributed by atoms with Gasteiger partial charge in [-0.2, -0.15) is 0 Å². The van der Waals surface area contributed by atoms with Crippen molar-refractivity contribution in [1.82, 2.24) is 4.90 Å². The van der Waals surface area contributed by atoms with E-state index >= 15 is 0 Å². The minimum atomic E-state index is -1.56. The number of benzene rings is 5. The predicted octanol–water partition coefficient (Wildman–Crippen LogP) is 6.12. The van der Waals surface area contributed by atoms with E-state index in [4.69, 9.17) is 5.73 Å². The zero-order chi connectivity index (χ0) is 38.3. The molecule has 0 saturated heterocycles. The normalized spacial score (nSPS) is 17.1. The zero-order valence-corrected chi connectivity index (χ0v) is 31.1. The molecule has 1 heterocycles. The van der Waals surface area contributed by atoms with Crippen molar-refractivity contribution < 1.29 is 19.5 Å². The second-order valence-corrected chi connectivity index (χ2v) is 14.8. The van der Waals surface area contributed by atoms with Crippen molar-refractivity contribution >= 4 is 46.9 Å². The van der Waals surface area contributed by atoms with Crippen LogP contribution >= 0.6 is 0 Å². The molecule has 2 atom stereocenters. The molecule has 55 heavy (non-hydrogen) atoms. The van der Waals surface area contributed by atoms with Crippen molar-refractivity contribution in [2.75, 3.05) is 17.3 Å². The summed E-state index contributed by atoms with van der Waals surface area (Å²) >= 11 is 0. The number of hydrogen-bond donors (Lipinski definition) is 3. The summed E-state index contributed by atoms with van der Waals surface area (Å²) in [6.45, 7) is 2.48. The van der Waals surface area contributed by atoms with Crippen LogP contribution in [0.5, 0.6) is 0 Å². The Bertz CT molecular complexity index is 2600. The van der Waals surface area contributed by atoms with E-state index in [1.807, 2.05) is 103 Å². The van der Waals surface area contributed by atoms with Gasteiger partial charge in [-0.3, -0.25) is 14.4 Å². The van der Waals surface area contributed by atoms with Crippen LogP contribution in [0.3, 0.4) is 0 Å². The Balaban J connectivity index is 1.21. The standard InChI is InChI=1S/C47H44N4O4/c1-47(46(54)55,43-45(53)51(26-25-30-9-4-3-5-10-30)29-34-11-6-7-14-42(34)49-43)41-13-8-12-37-39-22-17-32-27-33(18-21-36(32)38(39)23-24-40(37)41)44(52)50(2)35-19-15-31(28-48)16-20-35/h3-7,9-11,14-21,23-27,43,49H,8,12-13,22,28-29,48H2,1-2H3,(H,54,55). The van der Waals surface area contributed by atoms with Crippen LogP contribution in [0, 0.1) is 15.9 Å². The van der Waals surface area contributed by atoms with Crippen molar-refractivity contribution in [3.05, 3.63) is 170 Å². The molecule has 2 amide bonds. The second-order valence-electron chi connectivity index (χ2n) is 14.8. The van der Waals surface area contributed by atoms with Gasteiger partial charge in [-0.05, 0) is 123 Å². The van der Waals surface area contributed by atoms with Gasteiger partial charge >= 0.3 is 5.97 Å². The van der Waals surface area contributed by atoms with E-state index in [1.165, 1.54) is 5.56 Å². The first kappa shape index (κ1) is 35.8. The van der Waals surface area contributed by atoms with Crippen LogP contribution in [0.15, 0.2) is 115 Å². The van der Waals surface area contributed by atoms with Gasteiger partial charge in [0.15, 0.2) is 0 Å². The first-order valence-corrected chi connectivity index (χ1v) is 18.8. The first-order chi connectivity index (χ1) is 26.7.